The Labute approximate surface area is 128 Å². The third-order valence-corrected chi connectivity index (χ3v) is 4.47. The molecule has 7 heteroatoms. The molecule has 1 aliphatic carbocycles. The van der Waals surface area contributed by atoms with Crippen LogP contribution in [0.15, 0.2) is 16.9 Å². The Hall–Kier alpha value is -1.73. The van der Waals surface area contributed by atoms with Crippen LogP contribution >= 0.6 is 0 Å². The lowest BCUT2D eigenvalue weighted by molar-refractivity contribution is -0.0379. The van der Waals surface area contributed by atoms with Gasteiger partial charge < -0.3 is 14.6 Å². The molecular weight excluding hydrogens is 282 g/mol. The minimum atomic E-state index is -0.793. The van der Waals surface area contributed by atoms with E-state index < -0.39 is 5.60 Å². The molecule has 1 atom stereocenters. The van der Waals surface area contributed by atoms with Crippen molar-refractivity contribution in [3.8, 4) is 0 Å². The Bertz CT molecular complexity index is 622. The normalized spacial score (nSPS) is 26.4. The summed E-state index contributed by atoms with van der Waals surface area (Å²) in [5.41, 5.74) is -0.793. The van der Waals surface area contributed by atoms with Gasteiger partial charge in [0.15, 0.2) is 5.82 Å². The third kappa shape index (κ3) is 3.05. The molecule has 7 nitrogen and oxygen atoms in total. The molecule has 118 valence electrons. The van der Waals surface area contributed by atoms with Gasteiger partial charge in [-0.05, 0) is 32.2 Å². The molecule has 1 aliphatic heterocycles. The number of likely N-dealkylation sites (tertiary alicyclic amines) is 1. The highest BCUT2D eigenvalue weighted by atomic mass is 16.5. The molecule has 0 spiro atoms. The zero-order valence-corrected chi connectivity index (χ0v) is 12.5. The first-order valence-corrected chi connectivity index (χ1v) is 7.96. The Morgan fingerprint density at radius 1 is 1.45 bits per heavy atom. The fourth-order valence-corrected chi connectivity index (χ4v) is 3.21. The Balaban J connectivity index is 1.40. The van der Waals surface area contributed by atoms with Crippen LogP contribution < -0.4 is 0 Å². The predicted molar refractivity (Wildman–Crippen MR) is 78.0 cm³/mol. The van der Waals surface area contributed by atoms with Crippen molar-refractivity contribution in [3.63, 3.8) is 0 Å². The van der Waals surface area contributed by atoms with Crippen molar-refractivity contribution in [2.24, 2.45) is 0 Å². The SMILES string of the molecule is OC1(Cc2nc(C3CC3)no2)CCCN(Cc2ncc[nH]2)C1. The van der Waals surface area contributed by atoms with Crippen LogP contribution in [0.3, 0.4) is 0 Å². The quantitative estimate of drug-likeness (QED) is 0.863. The van der Waals surface area contributed by atoms with E-state index in [0.29, 0.717) is 24.8 Å². The summed E-state index contributed by atoms with van der Waals surface area (Å²) in [6.07, 6.45) is 8.04. The van der Waals surface area contributed by atoms with Gasteiger partial charge in [-0.25, -0.2) is 4.98 Å². The number of hydrogen-bond donors (Lipinski definition) is 2. The highest BCUT2D eigenvalue weighted by Crippen LogP contribution is 2.38. The van der Waals surface area contributed by atoms with Crippen molar-refractivity contribution >= 4 is 0 Å². The molecule has 1 unspecified atom stereocenters. The van der Waals surface area contributed by atoms with E-state index in [0.717, 1.165) is 50.4 Å². The van der Waals surface area contributed by atoms with Gasteiger partial charge in [0.1, 0.15) is 5.82 Å². The number of H-pyrrole nitrogens is 1. The second-order valence-corrected chi connectivity index (χ2v) is 6.57. The lowest BCUT2D eigenvalue weighted by Gasteiger charge is -2.38. The maximum Gasteiger partial charge on any atom is 0.229 e. The molecule has 2 fully saturated rings. The minimum Gasteiger partial charge on any atom is -0.388 e. The maximum absolute atomic E-state index is 10.9. The number of piperidine rings is 1. The number of nitrogens with one attached hydrogen (secondary N) is 1. The molecule has 22 heavy (non-hydrogen) atoms. The van der Waals surface area contributed by atoms with Crippen LogP contribution in [-0.4, -0.2) is 48.8 Å². The van der Waals surface area contributed by atoms with Crippen molar-refractivity contribution in [2.45, 2.75) is 50.2 Å². The van der Waals surface area contributed by atoms with Gasteiger partial charge in [-0.2, -0.15) is 4.98 Å². The van der Waals surface area contributed by atoms with Crippen molar-refractivity contribution in [1.82, 2.24) is 25.0 Å². The van der Waals surface area contributed by atoms with E-state index in [-0.39, 0.29) is 0 Å². The van der Waals surface area contributed by atoms with E-state index in [4.69, 9.17) is 4.52 Å². The van der Waals surface area contributed by atoms with Gasteiger partial charge in [-0.1, -0.05) is 5.16 Å². The molecule has 0 bridgehead atoms. The van der Waals surface area contributed by atoms with Gasteiger partial charge in [0, 0.05) is 24.9 Å². The van der Waals surface area contributed by atoms with Gasteiger partial charge in [0.2, 0.25) is 5.89 Å². The van der Waals surface area contributed by atoms with Gasteiger partial charge >= 0.3 is 0 Å². The highest BCUT2D eigenvalue weighted by molar-refractivity contribution is 5.05. The summed E-state index contributed by atoms with van der Waals surface area (Å²) in [5.74, 6) is 2.78. The van der Waals surface area contributed by atoms with Crippen molar-refractivity contribution in [1.29, 1.82) is 0 Å². The highest BCUT2D eigenvalue weighted by Gasteiger charge is 2.36. The van der Waals surface area contributed by atoms with Crippen LogP contribution in [0.4, 0.5) is 0 Å². The molecule has 4 rings (SSSR count). The van der Waals surface area contributed by atoms with Crippen LogP contribution in [0, 0.1) is 0 Å². The second-order valence-electron chi connectivity index (χ2n) is 6.57. The second kappa shape index (κ2) is 5.48. The summed E-state index contributed by atoms with van der Waals surface area (Å²) in [4.78, 5) is 14.0. The number of aliphatic hydroxyl groups is 1. The van der Waals surface area contributed by atoms with Gasteiger partial charge in [-0.3, -0.25) is 4.90 Å². The van der Waals surface area contributed by atoms with Crippen LogP contribution in [0.2, 0.25) is 0 Å². The van der Waals surface area contributed by atoms with Crippen molar-refractivity contribution < 1.29 is 9.63 Å². The van der Waals surface area contributed by atoms with Gasteiger partial charge in [0.05, 0.1) is 18.6 Å². The number of aromatic nitrogens is 4. The summed E-state index contributed by atoms with van der Waals surface area (Å²) in [6.45, 7) is 2.31. The molecule has 1 saturated heterocycles. The molecule has 0 aromatic carbocycles. The van der Waals surface area contributed by atoms with Crippen molar-refractivity contribution in [2.75, 3.05) is 13.1 Å². The number of rotatable bonds is 5. The summed E-state index contributed by atoms with van der Waals surface area (Å²) in [6, 6.07) is 0. The maximum atomic E-state index is 10.9. The number of β-amino-alcohol motifs (C(OH)–C–C–N with tert-alkyl or cyclic N) is 1. The first-order chi connectivity index (χ1) is 10.7. The fourth-order valence-electron chi connectivity index (χ4n) is 3.21. The molecule has 2 aromatic rings. The number of imidazole rings is 1. The van der Waals surface area contributed by atoms with Crippen LogP contribution in [0.25, 0.3) is 0 Å². The Morgan fingerprint density at radius 3 is 3.14 bits per heavy atom. The minimum absolute atomic E-state index is 0.432. The molecule has 0 radical (unpaired) electrons. The van der Waals surface area contributed by atoms with Gasteiger partial charge in [-0.15, -0.1) is 0 Å². The molecule has 3 heterocycles. The van der Waals surface area contributed by atoms with E-state index in [1.165, 1.54) is 0 Å². The molecule has 2 aliphatic rings. The fraction of sp³-hybridized carbons (Fsp3) is 0.667. The molecular formula is C15H21N5O2. The standard InChI is InChI=1S/C15H21N5O2/c21-15(8-13-18-14(19-22-13)11-2-3-11)4-1-7-20(10-15)9-12-16-5-6-17-12/h5-6,11,21H,1-4,7-10H2,(H,16,17). The zero-order chi connectivity index (χ0) is 15.0. The topological polar surface area (TPSA) is 91.1 Å². The van der Waals surface area contributed by atoms with Crippen LogP contribution in [0.1, 0.15) is 49.1 Å². The molecule has 1 saturated carbocycles. The summed E-state index contributed by atoms with van der Waals surface area (Å²) < 4.78 is 5.32. The van der Waals surface area contributed by atoms with E-state index in [9.17, 15) is 5.11 Å². The number of nitrogens with zero attached hydrogens (tertiary/aromatic N) is 4. The predicted octanol–water partition coefficient (Wildman–Crippen LogP) is 1.24. The molecule has 2 aromatic heterocycles. The average Bonchev–Trinajstić information content (AvgIpc) is 3.02. The lowest BCUT2D eigenvalue weighted by Crippen LogP contribution is -2.49. The largest absolute Gasteiger partial charge is 0.388 e. The first-order valence-electron chi connectivity index (χ1n) is 7.96. The summed E-state index contributed by atoms with van der Waals surface area (Å²) in [5, 5.41) is 14.9. The van der Waals surface area contributed by atoms with E-state index in [2.05, 4.69) is 25.0 Å². The first kappa shape index (κ1) is 13.9. The average molecular weight is 303 g/mol. The summed E-state index contributed by atoms with van der Waals surface area (Å²) in [7, 11) is 0. The Kier molecular flexibility index (Phi) is 3.46. The number of hydrogen-bond acceptors (Lipinski definition) is 6. The molecule has 2 N–H and O–H groups in total. The van der Waals surface area contributed by atoms with Gasteiger partial charge in [0.25, 0.3) is 0 Å². The monoisotopic (exact) mass is 303 g/mol. The number of aromatic amines is 1. The lowest BCUT2D eigenvalue weighted by atomic mass is 9.89. The van der Waals surface area contributed by atoms with E-state index in [1.54, 1.807) is 6.20 Å². The van der Waals surface area contributed by atoms with Crippen molar-refractivity contribution in [3.05, 3.63) is 29.9 Å². The Morgan fingerprint density at radius 2 is 2.36 bits per heavy atom. The summed E-state index contributed by atoms with van der Waals surface area (Å²) >= 11 is 0. The smallest absolute Gasteiger partial charge is 0.229 e. The third-order valence-electron chi connectivity index (χ3n) is 4.47. The zero-order valence-electron chi connectivity index (χ0n) is 12.5. The van der Waals surface area contributed by atoms with Crippen LogP contribution in [-0.2, 0) is 13.0 Å². The molecule has 0 amide bonds. The van der Waals surface area contributed by atoms with E-state index in [1.807, 2.05) is 6.20 Å². The van der Waals surface area contributed by atoms with E-state index >= 15 is 0 Å². The van der Waals surface area contributed by atoms with Crippen LogP contribution in [0.5, 0.6) is 0 Å².